The number of hydrogen-bond acceptors (Lipinski definition) is 3. The number of aromatic nitrogens is 1. The summed E-state index contributed by atoms with van der Waals surface area (Å²) in [6.45, 7) is -0.230. The number of carbonyl (C=O) groups excluding carboxylic acids is 3. The minimum absolute atomic E-state index is 0.230. The highest BCUT2D eigenvalue weighted by atomic mass is 16.2. The maximum Gasteiger partial charge on any atom is 0.325 e. The van der Waals surface area contributed by atoms with Gasteiger partial charge >= 0.3 is 6.03 Å². The summed E-state index contributed by atoms with van der Waals surface area (Å²) in [7, 11) is 1.76. The Kier molecular flexibility index (Phi) is 3.49. The zero-order valence-electron chi connectivity index (χ0n) is 14.0. The van der Waals surface area contributed by atoms with E-state index >= 15 is 0 Å². The Balaban J connectivity index is 1.57. The molecule has 1 aliphatic heterocycles. The largest absolute Gasteiger partial charge is 0.348 e. The highest BCUT2D eigenvalue weighted by Crippen LogP contribution is 2.33. The van der Waals surface area contributed by atoms with Crippen LogP contribution in [0, 0.1) is 0 Å². The highest BCUT2D eigenvalue weighted by molar-refractivity contribution is 6.11. The lowest BCUT2D eigenvalue weighted by Gasteiger charge is -2.32. The van der Waals surface area contributed by atoms with E-state index in [2.05, 4.69) is 11.4 Å². The van der Waals surface area contributed by atoms with E-state index in [1.807, 2.05) is 18.2 Å². The van der Waals surface area contributed by atoms with Crippen molar-refractivity contribution in [3.63, 3.8) is 0 Å². The summed E-state index contributed by atoms with van der Waals surface area (Å²) in [6, 6.07) is 10.9. The molecule has 2 heterocycles. The van der Waals surface area contributed by atoms with Gasteiger partial charge in [-0.05, 0) is 36.1 Å². The first-order chi connectivity index (χ1) is 12.0. The van der Waals surface area contributed by atoms with E-state index in [1.165, 1.54) is 5.56 Å². The molecule has 25 heavy (non-hydrogen) atoms. The Morgan fingerprint density at radius 3 is 2.64 bits per heavy atom. The fourth-order valence-corrected chi connectivity index (χ4v) is 3.82. The number of hydrogen-bond donors (Lipinski definition) is 1. The monoisotopic (exact) mass is 337 g/mol. The third kappa shape index (κ3) is 2.45. The average molecular weight is 337 g/mol. The Morgan fingerprint density at radius 2 is 1.92 bits per heavy atom. The van der Waals surface area contributed by atoms with Crippen molar-refractivity contribution in [2.24, 2.45) is 7.05 Å². The van der Waals surface area contributed by atoms with Gasteiger partial charge in [0.1, 0.15) is 5.54 Å². The Labute approximate surface area is 145 Å². The number of Topliss-reactive ketones (excluding diaryl/α,β-unsaturated/α-hetero) is 1. The lowest BCUT2D eigenvalue weighted by Crippen LogP contribution is -2.51. The maximum absolute atomic E-state index is 13.0. The maximum atomic E-state index is 13.0. The molecule has 1 N–H and O–H groups in total. The molecule has 3 amide bonds. The first-order valence-corrected chi connectivity index (χ1v) is 8.36. The van der Waals surface area contributed by atoms with Crippen molar-refractivity contribution in [1.82, 2.24) is 14.8 Å². The molecule has 1 atom stereocenters. The topological polar surface area (TPSA) is 71.4 Å². The second kappa shape index (κ2) is 5.58. The number of benzene rings is 1. The number of nitrogens with one attached hydrogen (secondary N) is 1. The molecule has 0 unspecified atom stereocenters. The SMILES string of the molecule is Cn1cccc1C(=O)CN1C(=O)N[C@]2(CCc3ccccc3C2)C1=O. The van der Waals surface area contributed by atoms with Crippen LogP contribution in [0.3, 0.4) is 0 Å². The van der Waals surface area contributed by atoms with Gasteiger partial charge in [0, 0.05) is 19.7 Å². The molecule has 2 aromatic rings. The van der Waals surface area contributed by atoms with Crippen LogP contribution in [-0.4, -0.2) is 39.3 Å². The number of amides is 3. The molecular weight excluding hydrogens is 318 g/mol. The van der Waals surface area contributed by atoms with Gasteiger partial charge in [-0.15, -0.1) is 0 Å². The molecule has 4 rings (SSSR count). The standard InChI is InChI=1S/C19H19N3O3/c1-21-10-4-7-15(21)16(23)12-22-17(24)19(20-18(22)25)9-8-13-5-2-3-6-14(13)11-19/h2-7,10H,8-9,11-12H2,1H3,(H,20,25)/t19-/m0/s1. The summed E-state index contributed by atoms with van der Waals surface area (Å²) >= 11 is 0. The fraction of sp³-hybridized carbons (Fsp3) is 0.316. The van der Waals surface area contributed by atoms with Crippen LogP contribution in [0.5, 0.6) is 0 Å². The van der Waals surface area contributed by atoms with Crippen LogP contribution in [0.25, 0.3) is 0 Å². The number of aryl methyl sites for hydroxylation is 2. The smallest absolute Gasteiger partial charge is 0.325 e. The van der Waals surface area contributed by atoms with E-state index in [4.69, 9.17) is 0 Å². The molecule has 1 saturated heterocycles. The number of carbonyl (C=O) groups is 3. The summed E-state index contributed by atoms with van der Waals surface area (Å²) in [5.74, 6) is -0.543. The molecule has 1 aromatic heterocycles. The summed E-state index contributed by atoms with van der Waals surface area (Å²) in [4.78, 5) is 38.9. The van der Waals surface area contributed by atoms with Gasteiger partial charge in [0.2, 0.25) is 0 Å². The van der Waals surface area contributed by atoms with Crippen LogP contribution in [0.4, 0.5) is 4.79 Å². The van der Waals surface area contributed by atoms with E-state index < -0.39 is 11.6 Å². The predicted octanol–water partition coefficient (Wildman–Crippen LogP) is 1.69. The normalized spacial score (nSPS) is 22.2. The van der Waals surface area contributed by atoms with Crippen LogP contribution < -0.4 is 5.32 Å². The van der Waals surface area contributed by atoms with Gasteiger partial charge in [-0.2, -0.15) is 0 Å². The van der Waals surface area contributed by atoms with E-state index in [9.17, 15) is 14.4 Å². The fourth-order valence-electron chi connectivity index (χ4n) is 3.82. The molecule has 0 bridgehead atoms. The summed E-state index contributed by atoms with van der Waals surface area (Å²) in [5.41, 5.74) is 1.86. The number of urea groups is 1. The second-order valence-electron chi connectivity index (χ2n) is 6.78. The minimum atomic E-state index is -0.917. The quantitative estimate of drug-likeness (QED) is 0.684. The first kappa shape index (κ1) is 15.6. The van der Waals surface area contributed by atoms with Gasteiger partial charge in [-0.3, -0.25) is 14.5 Å². The molecule has 6 heteroatoms. The lowest BCUT2D eigenvalue weighted by atomic mass is 9.78. The van der Waals surface area contributed by atoms with E-state index in [0.717, 1.165) is 16.9 Å². The molecule has 0 radical (unpaired) electrons. The Bertz CT molecular complexity index is 886. The van der Waals surface area contributed by atoms with E-state index in [-0.39, 0.29) is 18.2 Å². The van der Waals surface area contributed by atoms with Crippen LogP contribution in [0.1, 0.15) is 28.0 Å². The Morgan fingerprint density at radius 1 is 1.16 bits per heavy atom. The Hall–Kier alpha value is -2.89. The van der Waals surface area contributed by atoms with Gasteiger partial charge in [-0.25, -0.2) is 4.79 Å². The molecular formula is C19H19N3O3. The summed E-state index contributed by atoms with van der Waals surface area (Å²) in [5, 5.41) is 2.85. The molecule has 128 valence electrons. The number of imide groups is 1. The number of nitrogens with zero attached hydrogens (tertiary/aromatic N) is 2. The van der Waals surface area contributed by atoms with Crippen LogP contribution in [-0.2, 0) is 24.7 Å². The van der Waals surface area contributed by atoms with Gasteiger partial charge in [0.15, 0.2) is 5.78 Å². The van der Waals surface area contributed by atoms with Crippen molar-refractivity contribution < 1.29 is 14.4 Å². The van der Waals surface area contributed by atoms with Crippen molar-refractivity contribution in [2.45, 2.75) is 24.8 Å². The van der Waals surface area contributed by atoms with Gasteiger partial charge in [-0.1, -0.05) is 24.3 Å². The van der Waals surface area contributed by atoms with Crippen molar-refractivity contribution in [3.8, 4) is 0 Å². The second-order valence-corrected chi connectivity index (χ2v) is 6.78. The van der Waals surface area contributed by atoms with Crippen molar-refractivity contribution in [3.05, 3.63) is 59.4 Å². The van der Waals surface area contributed by atoms with Crippen LogP contribution in [0.15, 0.2) is 42.6 Å². The van der Waals surface area contributed by atoms with E-state index in [1.54, 1.807) is 29.9 Å². The van der Waals surface area contributed by atoms with Crippen molar-refractivity contribution in [1.29, 1.82) is 0 Å². The molecule has 6 nitrogen and oxygen atoms in total. The van der Waals surface area contributed by atoms with Gasteiger partial charge in [0.25, 0.3) is 5.91 Å². The number of ketones is 1. The van der Waals surface area contributed by atoms with Crippen molar-refractivity contribution in [2.75, 3.05) is 6.54 Å². The third-order valence-electron chi connectivity index (χ3n) is 5.21. The third-order valence-corrected chi connectivity index (χ3v) is 5.21. The first-order valence-electron chi connectivity index (χ1n) is 8.36. The number of rotatable bonds is 3. The van der Waals surface area contributed by atoms with Crippen LogP contribution >= 0.6 is 0 Å². The van der Waals surface area contributed by atoms with E-state index in [0.29, 0.717) is 18.5 Å². The number of fused-ring (bicyclic) bond motifs is 1. The average Bonchev–Trinajstić information content (AvgIpc) is 3.12. The predicted molar refractivity (Wildman–Crippen MR) is 91.2 cm³/mol. The molecule has 1 aromatic carbocycles. The van der Waals surface area contributed by atoms with Crippen molar-refractivity contribution >= 4 is 17.7 Å². The molecule has 0 saturated carbocycles. The molecule has 1 spiro atoms. The summed E-state index contributed by atoms with van der Waals surface area (Å²) in [6.07, 6.45) is 3.53. The zero-order valence-corrected chi connectivity index (χ0v) is 14.0. The van der Waals surface area contributed by atoms with Gasteiger partial charge in [0.05, 0.1) is 12.2 Å². The van der Waals surface area contributed by atoms with Crippen LogP contribution in [0.2, 0.25) is 0 Å². The zero-order chi connectivity index (χ0) is 17.6. The highest BCUT2D eigenvalue weighted by Gasteiger charge is 2.52. The summed E-state index contributed by atoms with van der Waals surface area (Å²) < 4.78 is 1.69. The molecule has 2 aliphatic rings. The molecule has 1 aliphatic carbocycles. The molecule has 1 fully saturated rings. The minimum Gasteiger partial charge on any atom is -0.348 e. The lowest BCUT2D eigenvalue weighted by molar-refractivity contribution is -0.131. The van der Waals surface area contributed by atoms with Gasteiger partial charge < -0.3 is 9.88 Å².